The van der Waals surface area contributed by atoms with Crippen molar-refractivity contribution in [2.24, 2.45) is 0 Å². The first-order valence-electron chi connectivity index (χ1n) is 5.76. The zero-order valence-electron chi connectivity index (χ0n) is 9.28. The molecule has 1 N–H and O–H groups in total. The SMILES string of the molecule is C[C@]1(O)CCCO[C@@H]1CC1SCCCS1. The molecule has 2 atom stereocenters. The maximum absolute atomic E-state index is 10.2. The molecular formula is C11H20O2S2. The molecule has 4 heteroatoms. The molecule has 0 aromatic carbocycles. The predicted octanol–water partition coefficient (Wildman–Crippen LogP) is 2.50. The van der Waals surface area contributed by atoms with Gasteiger partial charge >= 0.3 is 0 Å². The average molecular weight is 248 g/mol. The molecule has 2 nitrogen and oxygen atoms in total. The lowest BCUT2D eigenvalue weighted by Crippen LogP contribution is -2.46. The fourth-order valence-corrected chi connectivity index (χ4v) is 5.08. The molecule has 0 bridgehead atoms. The smallest absolute Gasteiger partial charge is 0.0881 e. The van der Waals surface area contributed by atoms with Gasteiger partial charge in [-0.15, -0.1) is 23.5 Å². The maximum atomic E-state index is 10.2. The lowest BCUT2D eigenvalue weighted by atomic mass is 9.89. The molecule has 0 radical (unpaired) electrons. The van der Waals surface area contributed by atoms with E-state index in [1.165, 1.54) is 17.9 Å². The van der Waals surface area contributed by atoms with Crippen LogP contribution in [0.2, 0.25) is 0 Å². The van der Waals surface area contributed by atoms with Crippen molar-refractivity contribution >= 4 is 23.5 Å². The van der Waals surface area contributed by atoms with E-state index in [4.69, 9.17) is 4.74 Å². The van der Waals surface area contributed by atoms with Crippen LogP contribution in [0.25, 0.3) is 0 Å². The van der Waals surface area contributed by atoms with E-state index in [2.05, 4.69) is 0 Å². The highest BCUT2D eigenvalue weighted by Crippen LogP contribution is 2.38. The summed E-state index contributed by atoms with van der Waals surface area (Å²) >= 11 is 4.06. The van der Waals surface area contributed by atoms with Crippen LogP contribution in [-0.4, -0.2) is 39.5 Å². The van der Waals surface area contributed by atoms with Crippen LogP contribution in [0.4, 0.5) is 0 Å². The first-order valence-corrected chi connectivity index (χ1v) is 7.85. The number of ether oxygens (including phenoxy) is 1. The lowest BCUT2D eigenvalue weighted by Gasteiger charge is -2.39. The van der Waals surface area contributed by atoms with E-state index in [-0.39, 0.29) is 6.10 Å². The van der Waals surface area contributed by atoms with Gasteiger partial charge in [0, 0.05) is 6.61 Å². The minimum Gasteiger partial charge on any atom is -0.387 e. The van der Waals surface area contributed by atoms with E-state index in [0.717, 1.165) is 25.9 Å². The van der Waals surface area contributed by atoms with Gasteiger partial charge in [0.15, 0.2) is 0 Å². The van der Waals surface area contributed by atoms with Crippen molar-refractivity contribution in [2.75, 3.05) is 18.1 Å². The van der Waals surface area contributed by atoms with Crippen LogP contribution in [-0.2, 0) is 4.74 Å². The van der Waals surface area contributed by atoms with Crippen LogP contribution in [0.1, 0.15) is 32.6 Å². The summed E-state index contributed by atoms with van der Waals surface area (Å²) in [6.07, 6.45) is 4.26. The molecule has 0 spiro atoms. The van der Waals surface area contributed by atoms with E-state index >= 15 is 0 Å². The second kappa shape index (κ2) is 5.30. The molecule has 0 aliphatic carbocycles. The highest BCUT2D eigenvalue weighted by molar-refractivity contribution is 8.17. The minimum absolute atomic E-state index is 0.0503. The molecule has 2 heterocycles. The molecule has 2 fully saturated rings. The number of hydrogen-bond acceptors (Lipinski definition) is 4. The van der Waals surface area contributed by atoms with Gasteiger partial charge in [0.2, 0.25) is 0 Å². The van der Waals surface area contributed by atoms with Gasteiger partial charge < -0.3 is 9.84 Å². The molecule has 15 heavy (non-hydrogen) atoms. The molecule has 0 unspecified atom stereocenters. The van der Waals surface area contributed by atoms with Crippen molar-refractivity contribution in [1.29, 1.82) is 0 Å². The summed E-state index contributed by atoms with van der Waals surface area (Å²) in [4.78, 5) is 0. The quantitative estimate of drug-likeness (QED) is 0.813. The van der Waals surface area contributed by atoms with Crippen LogP contribution in [0, 0.1) is 0 Å². The Morgan fingerprint density at radius 2 is 2.07 bits per heavy atom. The fourth-order valence-electron chi connectivity index (χ4n) is 2.17. The lowest BCUT2D eigenvalue weighted by molar-refractivity contribution is -0.135. The summed E-state index contributed by atoms with van der Waals surface area (Å²) in [5, 5.41) is 10.2. The van der Waals surface area contributed by atoms with E-state index in [9.17, 15) is 5.11 Å². The standard InChI is InChI=1S/C11H20O2S2/c1-11(12)4-2-5-13-9(11)8-10-14-6-3-7-15-10/h9-10,12H,2-8H2,1H3/t9-,11+/m1/s1. The van der Waals surface area contributed by atoms with E-state index < -0.39 is 5.60 Å². The summed E-state index contributed by atoms with van der Waals surface area (Å²) < 4.78 is 6.35. The number of aliphatic hydroxyl groups is 1. The van der Waals surface area contributed by atoms with E-state index in [1.54, 1.807) is 0 Å². The first-order chi connectivity index (χ1) is 7.18. The first kappa shape index (κ1) is 12.1. The van der Waals surface area contributed by atoms with Crippen LogP contribution < -0.4 is 0 Å². The zero-order valence-corrected chi connectivity index (χ0v) is 10.9. The van der Waals surface area contributed by atoms with Crippen LogP contribution >= 0.6 is 23.5 Å². The van der Waals surface area contributed by atoms with Crippen LogP contribution in [0.15, 0.2) is 0 Å². The van der Waals surface area contributed by atoms with Crippen LogP contribution in [0.3, 0.4) is 0 Å². The Kier molecular flexibility index (Phi) is 4.27. The Bertz CT molecular complexity index is 203. The van der Waals surface area contributed by atoms with Crippen molar-refractivity contribution in [3.8, 4) is 0 Å². The number of thioether (sulfide) groups is 2. The third-order valence-electron chi connectivity index (χ3n) is 3.14. The largest absolute Gasteiger partial charge is 0.387 e. The summed E-state index contributed by atoms with van der Waals surface area (Å²) in [5.41, 5.74) is -0.600. The van der Waals surface area contributed by atoms with Gasteiger partial charge in [0.25, 0.3) is 0 Å². The predicted molar refractivity (Wildman–Crippen MR) is 67.5 cm³/mol. The Morgan fingerprint density at radius 3 is 2.73 bits per heavy atom. The molecule has 88 valence electrons. The van der Waals surface area contributed by atoms with Gasteiger partial charge in [-0.25, -0.2) is 0 Å². The normalized spacial score (nSPS) is 39.2. The van der Waals surface area contributed by atoms with Crippen molar-refractivity contribution in [3.05, 3.63) is 0 Å². The monoisotopic (exact) mass is 248 g/mol. The van der Waals surface area contributed by atoms with Crippen molar-refractivity contribution in [2.45, 2.75) is 48.9 Å². The molecule has 0 saturated carbocycles. The minimum atomic E-state index is -0.600. The molecular weight excluding hydrogens is 228 g/mol. The van der Waals surface area contributed by atoms with Crippen molar-refractivity contribution < 1.29 is 9.84 Å². The molecule has 2 aliphatic heterocycles. The highest BCUT2D eigenvalue weighted by atomic mass is 32.2. The average Bonchev–Trinajstić information content (AvgIpc) is 2.23. The van der Waals surface area contributed by atoms with Gasteiger partial charge in [-0.1, -0.05) is 0 Å². The van der Waals surface area contributed by atoms with Crippen LogP contribution in [0.5, 0.6) is 0 Å². The van der Waals surface area contributed by atoms with Crippen molar-refractivity contribution in [3.63, 3.8) is 0 Å². The van der Waals surface area contributed by atoms with Gasteiger partial charge in [0.05, 0.1) is 16.3 Å². The molecule has 2 rings (SSSR count). The van der Waals surface area contributed by atoms with E-state index in [0.29, 0.717) is 4.58 Å². The molecule has 2 aliphatic rings. The van der Waals surface area contributed by atoms with Gasteiger partial charge in [0.1, 0.15) is 0 Å². The number of hydrogen-bond donors (Lipinski definition) is 1. The Hall–Kier alpha value is 0.620. The van der Waals surface area contributed by atoms with Gasteiger partial charge in [-0.3, -0.25) is 0 Å². The maximum Gasteiger partial charge on any atom is 0.0881 e. The summed E-state index contributed by atoms with van der Waals surface area (Å²) in [7, 11) is 0. The van der Waals surface area contributed by atoms with Gasteiger partial charge in [-0.05, 0) is 44.1 Å². The zero-order chi connectivity index (χ0) is 10.7. The third-order valence-corrected chi connectivity index (χ3v) is 6.14. The molecule has 0 aromatic heterocycles. The Labute approximate surface area is 101 Å². The van der Waals surface area contributed by atoms with E-state index in [1.807, 2.05) is 30.4 Å². The second-order valence-corrected chi connectivity index (χ2v) is 7.50. The highest BCUT2D eigenvalue weighted by Gasteiger charge is 2.37. The molecule has 0 aromatic rings. The molecule has 2 saturated heterocycles. The number of rotatable bonds is 2. The fraction of sp³-hybridized carbons (Fsp3) is 1.00. The summed E-state index contributed by atoms with van der Waals surface area (Å²) in [6, 6.07) is 0. The topological polar surface area (TPSA) is 29.5 Å². The summed E-state index contributed by atoms with van der Waals surface area (Å²) in [6.45, 7) is 2.75. The second-order valence-electron chi connectivity index (χ2n) is 4.58. The summed E-state index contributed by atoms with van der Waals surface area (Å²) in [5.74, 6) is 2.54. The van der Waals surface area contributed by atoms with Gasteiger partial charge in [-0.2, -0.15) is 0 Å². The Balaban J connectivity index is 1.85. The third kappa shape index (κ3) is 3.29. The molecule has 0 amide bonds. The van der Waals surface area contributed by atoms with Crippen molar-refractivity contribution in [1.82, 2.24) is 0 Å². The Morgan fingerprint density at radius 1 is 1.33 bits per heavy atom.